The van der Waals surface area contributed by atoms with Crippen LogP contribution in [-0.2, 0) is 4.79 Å². The highest BCUT2D eigenvalue weighted by atomic mass is 79.9. The first kappa shape index (κ1) is 12.6. The third kappa shape index (κ3) is 3.87. The van der Waals surface area contributed by atoms with Gasteiger partial charge in [0.25, 0.3) is 0 Å². The Labute approximate surface area is 103 Å². The van der Waals surface area contributed by atoms with E-state index in [0.29, 0.717) is 0 Å². The highest BCUT2D eigenvalue weighted by Gasteiger charge is 2.12. The maximum atomic E-state index is 11.7. The summed E-state index contributed by atoms with van der Waals surface area (Å²) in [5.74, 6) is 0.944. The van der Waals surface area contributed by atoms with Crippen molar-refractivity contribution in [3.63, 3.8) is 0 Å². The summed E-state index contributed by atoms with van der Waals surface area (Å²) >= 11 is 5.07. The van der Waals surface area contributed by atoms with Gasteiger partial charge in [-0.05, 0) is 34.3 Å². The Morgan fingerprint density at radius 2 is 2.20 bits per heavy atom. The highest BCUT2D eigenvalue weighted by molar-refractivity contribution is 9.10. The van der Waals surface area contributed by atoms with E-state index < -0.39 is 0 Å². The maximum absolute atomic E-state index is 11.7. The van der Waals surface area contributed by atoms with Gasteiger partial charge in [-0.2, -0.15) is 11.8 Å². The highest BCUT2D eigenvalue weighted by Crippen LogP contribution is 2.22. The summed E-state index contributed by atoms with van der Waals surface area (Å²) in [5, 5.41) is 2.90. The van der Waals surface area contributed by atoms with Crippen LogP contribution in [0.4, 0.5) is 5.69 Å². The largest absolute Gasteiger partial charge is 0.325 e. The molecule has 15 heavy (non-hydrogen) atoms. The molecule has 1 N–H and O–H groups in total. The number of nitrogens with one attached hydrogen (secondary N) is 1. The van der Waals surface area contributed by atoms with Crippen molar-refractivity contribution in [2.24, 2.45) is 5.92 Å². The van der Waals surface area contributed by atoms with E-state index in [1.807, 2.05) is 37.4 Å². The summed E-state index contributed by atoms with van der Waals surface area (Å²) < 4.78 is 0.912. The molecule has 1 rings (SSSR count). The Morgan fingerprint density at radius 3 is 2.80 bits per heavy atom. The molecule has 0 bridgehead atoms. The van der Waals surface area contributed by atoms with E-state index >= 15 is 0 Å². The van der Waals surface area contributed by atoms with E-state index in [-0.39, 0.29) is 11.8 Å². The van der Waals surface area contributed by atoms with Crippen molar-refractivity contribution in [1.82, 2.24) is 0 Å². The quantitative estimate of drug-likeness (QED) is 0.920. The van der Waals surface area contributed by atoms with Crippen LogP contribution >= 0.6 is 27.7 Å². The van der Waals surface area contributed by atoms with Gasteiger partial charge < -0.3 is 5.32 Å². The topological polar surface area (TPSA) is 29.1 Å². The lowest BCUT2D eigenvalue weighted by Gasteiger charge is -2.11. The van der Waals surface area contributed by atoms with Crippen LogP contribution in [0.25, 0.3) is 0 Å². The number of hydrogen-bond donors (Lipinski definition) is 1. The number of para-hydroxylation sites is 1. The minimum Gasteiger partial charge on any atom is -0.325 e. The summed E-state index contributed by atoms with van der Waals surface area (Å²) in [6, 6.07) is 7.62. The monoisotopic (exact) mass is 287 g/mol. The van der Waals surface area contributed by atoms with E-state index in [1.165, 1.54) is 0 Å². The van der Waals surface area contributed by atoms with Crippen molar-refractivity contribution in [2.45, 2.75) is 6.92 Å². The zero-order chi connectivity index (χ0) is 11.3. The number of carbonyl (C=O) groups is 1. The SMILES string of the molecule is CSCC(C)C(=O)Nc1ccccc1Br. The van der Waals surface area contributed by atoms with Crippen LogP contribution in [0.15, 0.2) is 28.7 Å². The Morgan fingerprint density at radius 1 is 1.53 bits per heavy atom. The summed E-state index contributed by atoms with van der Waals surface area (Å²) in [6.45, 7) is 1.93. The fraction of sp³-hybridized carbons (Fsp3) is 0.364. The fourth-order valence-electron chi connectivity index (χ4n) is 1.14. The van der Waals surface area contributed by atoms with Crippen LogP contribution in [0.1, 0.15) is 6.92 Å². The lowest BCUT2D eigenvalue weighted by molar-refractivity contribution is -0.118. The van der Waals surface area contributed by atoms with Crippen molar-refractivity contribution in [2.75, 3.05) is 17.3 Å². The Kier molecular flexibility index (Phi) is 5.19. The summed E-state index contributed by atoms with van der Waals surface area (Å²) in [4.78, 5) is 11.7. The summed E-state index contributed by atoms with van der Waals surface area (Å²) in [5.41, 5.74) is 0.829. The van der Waals surface area contributed by atoms with Crippen LogP contribution in [0.2, 0.25) is 0 Å². The second-order valence-corrected chi connectivity index (χ2v) is 5.09. The van der Waals surface area contributed by atoms with E-state index in [4.69, 9.17) is 0 Å². The van der Waals surface area contributed by atoms with Gasteiger partial charge in [0.2, 0.25) is 5.91 Å². The van der Waals surface area contributed by atoms with E-state index in [2.05, 4.69) is 21.2 Å². The average molecular weight is 288 g/mol. The molecule has 0 saturated heterocycles. The minimum absolute atomic E-state index is 0.0344. The smallest absolute Gasteiger partial charge is 0.228 e. The molecule has 82 valence electrons. The zero-order valence-electron chi connectivity index (χ0n) is 8.79. The second-order valence-electron chi connectivity index (χ2n) is 3.33. The molecular weight excluding hydrogens is 274 g/mol. The molecule has 0 aliphatic heterocycles. The van der Waals surface area contributed by atoms with Crippen molar-refractivity contribution < 1.29 is 4.79 Å². The number of thioether (sulfide) groups is 1. The molecule has 0 radical (unpaired) electrons. The van der Waals surface area contributed by atoms with Crippen LogP contribution in [0.3, 0.4) is 0 Å². The number of rotatable bonds is 4. The first-order valence-electron chi connectivity index (χ1n) is 4.69. The second kappa shape index (κ2) is 6.18. The standard InChI is InChI=1S/C11H14BrNOS/c1-8(7-15-2)11(14)13-10-6-4-3-5-9(10)12/h3-6,8H,7H2,1-2H3,(H,13,14). The van der Waals surface area contributed by atoms with Gasteiger partial charge in [0, 0.05) is 16.1 Å². The molecule has 1 aromatic rings. The molecule has 0 aliphatic rings. The Hall–Kier alpha value is -0.480. The van der Waals surface area contributed by atoms with Gasteiger partial charge in [0.15, 0.2) is 0 Å². The lowest BCUT2D eigenvalue weighted by Crippen LogP contribution is -2.22. The van der Waals surface area contributed by atoms with Crippen LogP contribution in [0, 0.1) is 5.92 Å². The number of hydrogen-bond acceptors (Lipinski definition) is 2. The van der Waals surface area contributed by atoms with Crippen molar-refractivity contribution in [3.8, 4) is 0 Å². The minimum atomic E-state index is 0.0344. The predicted molar refractivity (Wildman–Crippen MR) is 70.3 cm³/mol. The molecule has 4 heteroatoms. The van der Waals surface area contributed by atoms with Gasteiger partial charge in [0.1, 0.15) is 0 Å². The fourth-order valence-corrected chi connectivity index (χ4v) is 2.18. The maximum Gasteiger partial charge on any atom is 0.228 e. The molecule has 2 nitrogen and oxygen atoms in total. The predicted octanol–water partition coefficient (Wildman–Crippen LogP) is 3.39. The molecule has 0 saturated carbocycles. The van der Waals surface area contributed by atoms with Crippen LogP contribution in [-0.4, -0.2) is 17.9 Å². The first-order valence-corrected chi connectivity index (χ1v) is 6.88. The van der Waals surface area contributed by atoms with Crippen LogP contribution in [0.5, 0.6) is 0 Å². The van der Waals surface area contributed by atoms with E-state index in [1.54, 1.807) is 11.8 Å². The van der Waals surface area contributed by atoms with Gasteiger partial charge in [-0.1, -0.05) is 19.1 Å². The molecule has 0 heterocycles. The number of halogens is 1. The van der Waals surface area contributed by atoms with Gasteiger partial charge in [-0.25, -0.2) is 0 Å². The molecule has 0 spiro atoms. The normalized spacial score (nSPS) is 12.2. The molecular formula is C11H14BrNOS. The van der Waals surface area contributed by atoms with E-state index in [9.17, 15) is 4.79 Å². The molecule has 0 fully saturated rings. The average Bonchev–Trinajstić information content (AvgIpc) is 2.21. The van der Waals surface area contributed by atoms with Gasteiger partial charge in [-0.15, -0.1) is 0 Å². The van der Waals surface area contributed by atoms with Crippen LogP contribution < -0.4 is 5.32 Å². The summed E-state index contributed by atoms with van der Waals surface area (Å²) in [7, 11) is 0. The molecule has 1 atom stereocenters. The third-order valence-electron chi connectivity index (χ3n) is 2.00. The third-order valence-corrected chi connectivity index (χ3v) is 3.52. The van der Waals surface area contributed by atoms with Crippen molar-refractivity contribution >= 4 is 39.3 Å². The molecule has 0 aromatic heterocycles. The van der Waals surface area contributed by atoms with Gasteiger partial charge in [-0.3, -0.25) is 4.79 Å². The summed E-state index contributed by atoms with van der Waals surface area (Å²) in [6.07, 6.45) is 2.00. The Balaban J connectivity index is 2.62. The molecule has 1 unspecified atom stereocenters. The number of carbonyl (C=O) groups excluding carboxylic acids is 1. The first-order chi connectivity index (χ1) is 7.15. The van der Waals surface area contributed by atoms with Gasteiger partial charge >= 0.3 is 0 Å². The molecule has 0 aliphatic carbocycles. The lowest BCUT2D eigenvalue weighted by atomic mass is 10.2. The molecule has 1 amide bonds. The van der Waals surface area contributed by atoms with Crippen molar-refractivity contribution in [3.05, 3.63) is 28.7 Å². The number of anilines is 1. The zero-order valence-corrected chi connectivity index (χ0v) is 11.2. The van der Waals surface area contributed by atoms with E-state index in [0.717, 1.165) is 15.9 Å². The van der Waals surface area contributed by atoms with Crippen molar-refractivity contribution in [1.29, 1.82) is 0 Å². The number of benzene rings is 1. The molecule has 1 aromatic carbocycles. The number of amides is 1. The van der Waals surface area contributed by atoms with Gasteiger partial charge in [0.05, 0.1) is 5.69 Å². The Bertz CT molecular complexity index is 343.